The van der Waals surface area contributed by atoms with Crippen LogP contribution in [-0.4, -0.2) is 47.4 Å². The minimum atomic E-state index is 0.685. The van der Waals surface area contributed by atoms with Crippen LogP contribution in [0.2, 0.25) is 0 Å². The zero-order valence-corrected chi connectivity index (χ0v) is 15.0. The number of nitrogens with one attached hydrogen (secondary N) is 1. The summed E-state index contributed by atoms with van der Waals surface area (Å²) in [6.07, 6.45) is 5.99. The maximum absolute atomic E-state index is 4.38. The van der Waals surface area contributed by atoms with E-state index in [1.165, 1.54) is 68.5 Å². The SMILES string of the molecule is CC1CN(CC2CCCNC2)CCC1c1ccc2cnn(C)c2c1. The summed E-state index contributed by atoms with van der Waals surface area (Å²) in [5.41, 5.74) is 2.76. The number of fused-ring (bicyclic) bond motifs is 1. The van der Waals surface area contributed by atoms with Crippen LogP contribution in [0.15, 0.2) is 24.4 Å². The standard InChI is InChI=1S/C20H30N4/c1-15-13-24(14-16-4-3-8-21-11-16)9-7-19(15)17-5-6-18-12-22-23(2)20(18)10-17/h5-6,10,12,15-16,19,21H,3-4,7-9,11,13-14H2,1-2H3. The molecular formula is C20H30N4. The van der Waals surface area contributed by atoms with Crippen LogP contribution < -0.4 is 5.32 Å². The van der Waals surface area contributed by atoms with Crippen LogP contribution in [0.1, 0.15) is 37.7 Å². The number of nitrogens with zero attached hydrogens (tertiary/aromatic N) is 3. The Bertz CT molecular complexity index is 686. The van der Waals surface area contributed by atoms with Gasteiger partial charge in [-0.05, 0) is 68.3 Å². The third-order valence-corrected chi connectivity index (χ3v) is 6.11. The van der Waals surface area contributed by atoms with E-state index in [4.69, 9.17) is 0 Å². The van der Waals surface area contributed by atoms with Crippen molar-refractivity contribution in [1.82, 2.24) is 20.0 Å². The Hall–Kier alpha value is -1.39. The van der Waals surface area contributed by atoms with Gasteiger partial charge >= 0.3 is 0 Å². The van der Waals surface area contributed by atoms with Gasteiger partial charge in [0.1, 0.15) is 0 Å². The number of benzene rings is 1. The molecule has 0 amide bonds. The lowest BCUT2D eigenvalue weighted by molar-refractivity contribution is 0.133. The number of piperidine rings is 2. The molecule has 1 aromatic carbocycles. The van der Waals surface area contributed by atoms with E-state index < -0.39 is 0 Å². The highest BCUT2D eigenvalue weighted by atomic mass is 15.2. The van der Waals surface area contributed by atoms with E-state index in [0.717, 1.165) is 11.8 Å². The van der Waals surface area contributed by atoms with Gasteiger partial charge in [0.15, 0.2) is 0 Å². The van der Waals surface area contributed by atoms with E-state index in [-0.39, 0.29) is 0 Å². The monoisotopic (exact) mass is 326 g/mol. The van der Waals surface area contributed by atoms with Gasteiger partial charge in [-0.25, -0.2) is 0 Å². The molecule has 24 heavy (non-hydrogen) atoms. The number of rotatable bonds is 3. The van der Waals surface area contributed by atoms with Crippen molar-refractivity contribution >= 4 is 10.9 Å². The molecular weight excluding hydrogens is 296 g/mol. The van der Waals surface area contributed by atoms with Crippen molar-refractivity contribution in [2.75, 3.05) is 32.7 Å². The van der Waals surface area contributed by atoms with Crippen molar-refractivity contribution < 1.29 is 0 Å². The molecule has 1 aromatic heterocycles. The van der Waals surface area contributed by atoms with Crippen molar-refractivity contribution in [2.45, 2.75) is 32.1 Å². The van der Waals surface area contributed by atoms with Crippen LogP contribution in [0.4, 0.5) is 0 Å². The van der Waals surface area contributed by atoms with Crippen molar-refractivity contribution in [3.05, 3.63) is 30.0 Å². The first-order valence-corrected chi connectivity index (χ1v) is 9.55. The van der Waals surface area contributed by atoms with Crippen molar-refractivity contribution in [2.24, 2.45) is 18.9 Å². The summed E-state index contributed by atoms with van der Waals surface area (Å²) >= 11 is 0. The summed E-state index contributed by atoms with van der Waals surface area (Å²) in [6.45, 7) is 8.63. The van der Waals surface area contributed by atoms with Crippen LogP contribution in [-0.2, 0) is 7.05 Å². The molecule has 3 atom stereocenters. The Balaban J connectivity index is 1.42. The first-order chi connectivity index (χ1) is 11.7. The third-order valence-electron chi connectivity index (χ3n) is 6.11. The van der Waals surface area contributed by atoms with Crippen molar-refractivity contribution in [1.29, 1.82) is 0 Å². The van der Waals surface area contributed by atoms with Crippen LogP contribution >= 0.6 is 0 Å². The molecule has 3 unspecified atom stereocenters. The lowest BCUT2D eigenvalue weighted by Gasteiger charge is -2.39. The second-order valence-electron chi connectivity index (χ2n) is 7.93. The molecule has 2 fully saturated rings. The first-order valence-electron chi connectivity index (χ1n) is 9.55. The summed E-state index contributed by atoms with van der Waals surface area (Å²) in [5, 5.41) is 9.18. The maximum atomic E-state index is 4.38. The number of hydrogen-bond donors (Lipinski definition) is 1. The second-order valence-corrected chi connectivity index (χ2v) is 7.93. The fourth-order valence-corrected chi connectivity index (χ4v) is 4.73. The first kappa shape index (κ1) is 16.1. The average Bonchev–Trinajstić information content (AvgIpc) is 2.97. The highest BCUT2D eigenvalue weighted by Crippen LogP contribution is 2.34. The predicted octanol–water partition coefficient (Wildman–Crippen LogP) is 3.00. The molecule has 1 N–H and O–H groups in total. The summed E-state index contributed by atoms with van der Waals surface area (Å²) < 4.78 is 1.99. The van der Waals surface area contributed by atoms with Gasteiger partial charge in [-0.15, -0.1) is 0 Å². The topological polar surface area (TPSA) is 33.1 Å². The number of hydrogen-bond acceptors (Lipinski definition) is 3. The van der Waals surface area contributed by atoms with E-state index in [1.54, 1.807) is 0 Å². The molecule has 2 aromatic rings. The highest BCUT2D eigenvalue weighted by molar-refractivity contribution is 5.79. The summed E-state index contributed by atoms with van der Waals surface area (Å²) in [4.78, 5) is 2.71. The fraction of sp³-hybridized carbons (Fsp3) is 0.650. The van der Waals surface area contributed by atoms with Crippen LogP contribution in [0, 0.1) is 11.8 Å². The Morgan fingerprint density at radius 1 is 1.29 bits per heavy atom. The molecule has 0 radical (unpaired) electrons. The lowest BCUT2D eigenvalue weighted by Crippen LogP contribution is -2.44. The summed E-state index contributed by atoms with van der Waals surface area (Å²) in [7, 11) is 2.04. The second kappa shape index (κ2) is 6.85. The van der Waals surface area contributed by atoms with Gasteiger partial charge < -0.3 is 10.2 Å². The smallest absolute Gasteiger partial charge is 0.0681 e. The Kier molecular flexibility index (Phi) is 4.59. The van der Waals surface area contributed by atoms with Crippen LogP contribution in [0.5, 0.6) is 0 Å². The van der Waals surface area contributed by atoms with Gasteiger partial charge in [-0.2, -0.15) is 5.10 Å². The quantitative estimate of drug-likeness (QED) is 0.941. The number of aryl methyl sites for hydroxylation is 1. The van der Waals surface area contributed by atoms with E-state index in [9.17, 15) is 0 Å². The average molecular weight is 326 g/mol. The summed E-state index contributed by atoms with van der Waals surface area (Å²) in [5.74, 6) is 2.26. The predicted molar refractivity (Wildman–Crippen MR) is 99.3 cm³/mol. The molecule has 130 valence electrons. The normalized spacial score (nSPS) is 29.2. The van der Waals surface area contributed by atoms with Crippen molar-refractivity contribution in [3.8, 4) is 0 Å². The Labute approximate surface area is 145 Å². The van der Waals surface area contributed by atoms with Gasteiger partial charge in [0.2, 0.25) is 0 Å². The van der Waals surface area contributed by atoms with Gasteiger partial charge in [0.25, 0.3) is 0 Å². The molecule has 0 spiro atoms. The molecule has 2 aliphatic rings. The molecule has 0 aliphatic carbocycles. The van der Waals surface area contributed by atoms with E-state index in [2.05, 4.69) is 40.4 Å². The molecule has 4 rings (SSSR count). The largest absolute Gasteiger partial charge is 0.316 e. The number of likely N-dealkylation sites (tertiary alicyclic amines) is 1. The van der Waals surface area contributed by atoms with Crippen LogP contribution in [0.3, 0.4) is 0 Å². The maximum Gasteiger partial charge on any atom is 0.0681 e. The Morgan fingerprint density at radius 3 is 3.00 bits per heavy atom. The van der Waals surface area contributed by atoms with Gasteiger partial charge in [-0.3, -0.25) is 4.68 Å². The van der Waals surface area contributed by atoms with Crippen molar-refractivity contribution in [3.63, 3.8) is 0 Å². The Morgan fingerprint density at radius 2 is 2.21 bits per heavy atom. The molecule has 4 heteroatoms. The van der Waals surface area contributed by atoms with E-state index >= 15 is 0 Å². The molecule has 4 nitrogen and oxygen atoms in total. The van der Waals surface area contributed by atoms with Gasteiger partial charge in [0.05, 0.1) is 11.7 Å². The third kappa shape index (κ3) is 3.22. The lowest BCUT2D eigenvalue weighted by atomic mass is 9.81. The molecule has 2 saturated heterocycles. The molecule has 0 saturated carbocycles. The number of aromatic nitrogens is 2. The molecule has 0 bridgehead atoms. The van der Waals surface area contributed by atoms with E-state index in [0.29, 0.717) is 5.92 Å². The van der Waals surface area contributed by atoms with Crippen LogP contribution in [0.25, 0.3) is 10.9 Å². The van der Waals surface area contributed by atoms with Gasteiger partial charge in [0, 0.05) is 25.5 Å². The van der Waals surface area contributed by atoms with E-state index in [1.807, 2.05) is 17.9 Å². The fourth-order valence-electron chi connectivity index (χ4n) is 4.73. The zero-order chi connectivity index (χ0) is 16.5. The summed E-state index contributed by atoms with van der Waals surface area (Å²) in [6, 6.07) is 6.93. The zero-order valence-electron chi connectivity index (χ0n) is 15.0. The molecule has 3 heterocycles. The minimum absolute atomic E-state index is 0.685. The molecule has 2 aliphatic heterocycles. The van der Waals surface area contributed by atoms with Gasteiger partial charge in [-0.1, -0.05) is 19.1 Å². The minimum Gasteiger partial charge on any atom is -0.316 e. The highest BCUT2D eigenvalue weighted by Gasteiger charge is 2.29.